The van der Waals surface area contributed by atoms with Gasteiger partial charge in [-0.1, -0.05) is 6.92 Å². The van der Waals surface area contributed by atoms with Gasteiger partial charge in [-0.15, -0.1) is 0 Å². The molecule has 0 radical (unpaired) electrons. The Balaban J connectivity index is 2.03. The molecule has 10 heavy (non-hydrogen) atoms. The van der Waals surface area contributed by atoms with Gasteiger partial charge in [0, 0.05) is 6.61 Å². The molecule has 1 nitrogen and oxygen atoms in total. The topological polar surface area (TPSA) is 9.23 Å². The molecule has 58 valence electrons. The summed E-state index contributed by atoms with van der Waals surface area (Å²) in [5.41, 5.74) is 0.361. The molecule has 0 aromatic rings. The first-order valence-electron chi connectivity index (χ1n) is 4.45. The molecule has 2 aliphatic rings. The van der Waals surface area contributed by atoms with Gasteiger partial charge in [0.2, 0.25) is 0 Å². The predicted octanol–water partition coefficient (Wildman–Crippen LogP) is 2.36. The maximum absolute atomic E-state index is 5.77. The van der Waals surface area contributed by atoms with Crippen LogP contribution < -0.4 is 0 Å². The smallest absolute Gasteiger partial charge is 0.0686 e. The zero-order valence-corrected chi connectivity index (χ0v) is 6.73. The standard InChI is InChI=1S/C9H16O/c1-8-3-5-9(7-8)4-2-6-10-9/h8H,2-7H2,1H3/t8?,9-/m1/s1. The third-order valence-corrected chi connectivity index (χ3v) is 3.00. The zero-order valence-electron chi connectivity index (χ0n) is 6.73. The molecule has 1 aliphatic heterocycles. The highest BCUT2D eigenvalue weighted by atomic mass is 16.5. The van der Waals surface area contributed by atoms with Crippen molar-refractivity contribution >= 4 is 0 Å². The fraction of sp³-hybridized carbons (Fsp3) is 1.00. The fourth-order valence-electron chi connectivity index (χ4n) is 2.46. The van der Waals surface area contributed by atoms with Gasteiger partial charge in [-0.3, -0.25) is 0 Å². The molecule has 1 aliphatic carbocycles. The van der Waals surface area contributed by atoms with Gasteiger partial charge in [-0.05, 0) is 38.0 Å². The van der Waals surface area contributed by atoms with E-state index in [2.05, 4.69) is 6.92 Å². The van der Waals surface area contributed by atoms with E-state index >= 15 is 0 Å². The van der Waals surface area contributed by atoms with Crippen LogP contribution in [-0.2, 0) is 4.74 Å². The second-order valence-electron chi connectivity index (χ2n) is 3.98. The molecule has 0 bridgehead atoms. The summed E-state index contributed by atoms with van der Waals surface area (Å²) in [5.74, 6) is 0.915. The molecule has 1 heterocycles. The minimum absolute atomic E-state index is 0.361. The van der Waals surface area contributed by atoms with Crippen molar-refractivity contribution in [2.24, 2.45) is 5.92 Å². The molecule has 2 fully saturated rings. The summed E-state index contributed by atoms with van der Waals surface area (Å²) in [7, 11) is 0. The lowest BCUT2D eigenvalue weighted by Gasteiger charge is -2.21. The van der Waals surface area contributed by atoms with Gasteiger partial charge in [0.05, 0.1) is 5.60 Å². The van der Waals surface area contributed by atoms with Crippen molar-refractivity contribution in [3.8, 4) is 0 Å². The quantitative estimate of drug-likeness (QED) is 0.502. The van der Waals surface area contributed by atoms with E-state index in [1.54, 1.807) is 0 Å². The molecule has 0 amide bonds. The molecule has 2 atom stereocenters. The summed E-state index contributed by atoms with van der Waals surface area (Å²) in [6, 6.07) is 0. The van der Waals surface area contributed by atoms with Crippen LogP contribution >= 0.6 is 0 Å². The summed E-state index contributed by atoms with van der Waals surface area (Å²) in [6.45, 7) is 3.36. The van der Waals surface area contributed by atoms with E-state index in [9.17, 15) is 0 Å². The lowest BCUT2D eigenvalue weighted by Crippen LogP contribution is -2.22. The molecule has 1 saturated heterocycles. The Morgan fingerprint density at radius 3 is 2.80 bits per heavy atom. The third kappa shape index (κ3) is 0.968. The van der Waals surface area contributed by atoms with E-state index < -0.39 is 0 Å². The molecular formula is C9H16O. The Morgan fingerprint density at radius 1 is 1.40 bits per heavy atom. The fourth-order valence-corrected chi connectivity index (χ4v) is 2.46. The van der Waals surface area contributed by atoms with Crippen molar-refractivity contribution in [2.75, 3.05) is 6.61 Å². The first-order chi connectivity index (χ1) is 4.81. The zero-order chi connectivity index (χ0) is 7.03. The lowest BCUT2D eigenvalue weighted by molar-refractivity contribution is 0.00775. The minimum Gasteiger partial charge on any atom is -0.375 e. The van der Waals surface area contributed by atoms with Crippen molar-refractivity contribution in [2.45, 2.75) is 44.6 Å². The highest BCUT2D eigenvalue weighted by Gasteiger charge is 2.40. The van der Waals surface area contributed by atoms with Gasteiger partial charge in [-0.2, -0.15) is 0 Å². The van der Waals surface area contributed by atoms with Crippen LogP contribution in [0.5, 0.6) is 0 Å². The molecule has 0 aromatic carbocycles. The van der Waals surface area contributed by atoms with Gasteiger partial charge >= 0.3 is 0 Å². The molecule has 1 spiro atoms. The van der Waals surface area contributed by atoms with E-state index in [1.165, 1.54) is 32.1 Å². The molecule has 0 aromatic heterocycles. The highest BCUT2D eigenvalue weighted by molar-refractivity contribution is 4.92. The van der Waals surface area contributed by atoms with Crippen LogP contribution in [0, 0.1) is 5.92 Å². The Kier molecular flexibility index (Phi) is 1.48. The van der Waals surface area contributed by atoms with Crippen molar-refractivity contribution in [1.29, 1.82) is 0 Å². The van der Waals surface area contributed by atoms with Crippen LogP contribution in [0.25, 0.3) is 0 Å². The molecule has 1 unspecified atom stereocenters. The van der Waals surface area contributed by atoms with Crippen molar-refractivity contribution < 1.29 is 4.74 Å². The summed E-state index contributed by atoms with van der Waals surface area (Å²) in [4.78, 5) is 0. The highest BCUT2D eigenvalue weighted by Crippen LogP contribution is 2.43. The SMILES string of the molecule is CC1CC[C@]2(CCCO2)C1. The van der Waals surface area contributed by atoms with Gasteiger partial charge in [0.25, 0.3) is 0 Å². The van der Waals surface area contributed by atoms with Crippen LogP contribution in [0.4, 0.5) is 0 Å². The Labute approximate surface area is 62.8 Å². The van der Waals surface area contributed by atoms with E-state index in [0.717, 1.165) is 12.5 Å². The monoisotopic (exact) mass is 140 g/mol. The van der Waals surface area contributed by atoms with Crippen LogP contribution in [0.3, 0.4) is 0 Å². The Morgan fingerprint density at radius 2 is 2.30 bits per heavy atom. The van der Waals surface area contributed by atoms with Crippen LogP contribution in [0.1, 0.15) is 39.0 Å². The van der Waals surface area contributed by atoms with Crippen molar-refractivity contribution in [1.82, 2.24) is 0 Å². The predicted molar refractivity (Wildman–Crippen MR) is 40.9 cm³/mol. The Bertz CT molecular complexity index is 125. The normalized spacial score (nSPS) is 47.1. The molecule has 1 saturated carbocycles. The minimum atomic E-state index is 0.361. The second kappa shape index (κ2) is 2.23. The summed E-state index contributed by atoms with van der Waals surface area (Å²) in [6.07, 6.45) is 6.67. The molecule has 1 heteroatoms. The summed E-state index contributed by atoms with van der Waals surface area (Å²) >= 11 is 0. The van der Waals surface area contributed by atoms with E-state index in [-0.39, 0.29) is 0 Å². The maximum Gasteiger partial charge on any atom is 0.0686 e. The van der Waals surface area contributed by atoms with E-state index in [0.29, 0.717) is 5.60 Å². The molecular weight excluding hydrogens is 124 g/mol. The molecule has 0 N–H and O–H groups in total. The average molecular weight is 140 g/mol. The molecule has 2 rings (SSSR count). The van der Waals surface area contributed by atoms with Crippen LogP contribution in [0.15, 0.2) is 0 Å². The van der Waals surface area contributed by atoms with Crippen LogP contribution in [0.2, 0.25) is 0 Å². The number of rotatable bonds is 0. The van der Waals surface area contributed by atoms with Gasteiger partial charge in [0.1, 0.15) is 0 Å². The third-order valence-electron chi connectivity index (χ3n) is 3.00. The van der Waals surface area contributed by atoms with E-state index in [1.807, 2.05) is 0 Å². The van der Waals surface area contributed by atoms with Gasteiger partial charge in [0.15, 0.2) is 0 Å². The lowest BCUT2D eigenvalue weighted by atomic mass is 9.97. The average Bonchev–Trinajstić information content (AvgIpc) is 2.46. The van der Waals surface area contributed by atoms with Gasteiger partial charge < -0.3 is 4.74 Å². The first kappa shape index (κ1) is 6.66. The summed E-state index contributed by atoms with van der Waals surface area (Å²) in [5, 5.41) is 0. The summed E-state index contributed by atoms with van der Waals surface area (Å²) < 4.78 is 5.77. The second-order valence-corrected chi connectivity index (χ2v) is 3.98. The largest absolute Gasteiger partial charge is 0.375 e. The number of ether oxygens (including phenoxy) is 1. The maximum atomic E-state index is 5.77. The van der Waals surface area contributed by atoms with Crippen molar-refractivity contribution in [3.63, 3.8) is 0 Å². The number of hydrogen-bond acceptors (Lipinski definition) is 1. The Hall–Kier alpha value is -0.0400. The van der Waals surface area contributed by atoms with Gasteiger partial charge in [-0.25, -0.2) is 0 Å². The number of hydrogen-bond donors (Lipinski definition) is 0. The van der Waals surface area contributed by atoms with Crippen molar-refractivity contribution in [3.05, 3.63) is 0 Å². The van der Waals surface area contributed by atoms with Crippen LogP contribution in [-0.4, -0.2) is 12.2 Å². The van der Waals surface area contributed by atoms with E-state index in [4.69, 9.17) is 4.74 Å². The first-order valence-corrected chi connectivity index (χ1v) is 4.45.